The minimum Gasteiger partial charge on any atom is -0.312 e. The monoisotopic (exact) mass is 205 g/mol. The molecule has 0 radical (unpaired) electrons. The molecule has 66 valence electrons. The van der Waals surface area contributed by atoms with Crippen molar-refractivity contribution in [3.8, 4) is 0 Å². The van der Waals surface area contributed by atoms with E-state index in [0.717, 1.165) is 25.2 Å². The molecule has 0 spiro atoms. The van der Waals surface area contributed by atoms with Crippen molar-refractivity contribution in [3.63, 3.8) is 0 Å². The van der Waals surface area contributed by atoms with Crippen molar-refractivity contribution in [2.75, 3.05) is 6.54 Å². The Labute approximate surface area is 82.0 Å². The Hall–Kier alpha value is -0.380. The lowest BCUT2D eigenvalue weighted by atomic mass is 10.1. The van der Waals surface area contributed by atoms with Gasteiger partial charge in [-0.3, -0.25) is 0 Å². The highest BCUT2D eigenvalue weighted by molar-refractivity contribution is 6.28. The van der Waals surface area contributed by atoms with Crippen molar-refractivity contribution in [3.05, 3.63) is 22.7 Å². The summed E-state index contributed by atoms with van der Waals surface area (Å²) < 4.78 is 0. The Morgan fingerprint density at radius 3 is 3.17 bits per heavy atom. The molecule has 0 aliphatic carbocycles. The van der Waals surface area contributed by atoms with Crippen LogP contribution in [-0.4, -0.2) is 16.5 Å². The zero-order chi connectivity index (χ0) is 7.68. The molecule has 3 nitrogen and oxygen atoms in total. The van der Waals surface area contributed by atoms with Gasteiger partial charge in [-0.15, -0.1) is 12.4 Å². The molecule has 2 rings (SSSR count). The number of hydrogen-bond donors (Lipinski definition) is 1. The van der Waals surface area contributed by atoms with Gasteiger partial charge in [0, 0.05) is 31.3 Å². The van der Waals surface area contributed by atoms with Crippen molar-refractivity contribution >= 4 is 24.0 Å². The smallest absolute Gasteiger partial charge is 0.222 e. The molecule has 0 atom stereocenters. The number of nitrogens with one attached hydrogen (secondary N) is 1. The van der Waals surface area contributed by atoms with Crippen LogP contribution in [0.3, 0.4) is 0 Å². The minimum absolute atomic E-state index is 0. The Balaban J connectivity index is 0.000000720. The molecule has 0 fully saturated rings. The van der Waals surface area contributed by atoms with E-state index >= 15 is 0 Å². The minimum atomic E-state index is 0. The highest BCUT2D eigenvalue weighted by Crippen LogP contribution is 2.11. The first-order valence-corrected chi connectivity index (χ1v) is 3.95. The van der Waals surface area contributed by atoms with E-state index in [4.69, 9.17) is 11.6 Å². The number of fused-ring (bicyclic) bond motifs is 1. The van der Waals surface area contributed by atoms with E-state index in [9.17, 15) is 0 Å². The summed E-state index contributed by atoms with van der Waals surface area (Å²) in [5.74, 6) is 0. The van der Waals surface area contributed by atoms with Gasteiger partial charge in [0.15, 0.2) is 0 Å². The summed E-state index contributed by atoms with van der Waals surface area (Å²) in [5, 5.41) is 3.59. The van der Waals surface area contributed by atoms with Gasteiger partial charge in [-0.05, 0) is 11.6 Å². The van der Waals surface area contributed by atoms with Gasteiger partial charge in [0.1, 0.15) is 0 Å². The van der Waals surface area contributed by atoms with Gasteiger partial charge in [0.25, 0.3) is 0 Å². The SMILES string of the molecule is Cl.Clc1ncc2c(n1)CCNC2. The molecule has 1 aromatic rings. The highest BCUT2D eigenvalue weighted by atomic mass is 35.5. The number of aromatic nitrogens is 2. The van der Waals surface area contributed by atoms with Crippen LogP contribution >= 0.6 is 24.0 Å². The normalized spacial score (nSPS) is 14.8. The zero-order valence-corrected chi connectivity index (χ0v) is 7.95. The summed E-state index contributed by atoms with van der Waals surface area (Å²) >= 11 is 5.63. The molecule has 1 N–H and O–H groups in total. The third-order valence-corrected chi connectivity index (χ3v) is 1.96. The maximum atomic E-state index is 5.63. The fourth-order valence-electron chi connectivity index (χ4n) is 1.21. The van der Waals surface area contributed by atoms with Crippen molar-refractivity contribution in [1.29, 1.82) is 0 Å². The molecule has 1 aromatic heterocycles. The third-order valence-electron chi connectivity index (χ3n) is 1.78. The average Bonchev–Trinajstić information content (AvgIpc) is 2.04. The summed E-state index contributed by atoms with van der Waals surface area (Å²) in [5.41, 5.74) is 2.25. The molecule has 1 aliphatic heterocycles. The van der Waals surface area contributed by atoms with Crippen LogP contribution in [0.4, 0.5) is 0 Å². The van der Waals surface area contributed by atoms with Gasteiger partial charge in [0.05, 0.1) is 5.69 Å². The van der Waals surface area contributed by atoms with Gasteiger partial charge in [-0.1, -0.05) is 0 Å². The van der Waals surface area contributed by atoms with Gasteiger partial charge < -0.3 is 5.32 Å². The first kappa shape index (κ1) is 9.71. The second-order valence-corrected chi connectivity index (χ2v) is 2.88. The maximum absolute atomic E-state index is 5.63. The fourth-order valence-corrected chi connectivity index (χ4v) is 1.36. The fraction of sp³-hybridized carbons (Fsp3) is 0.429. The van der Waals surface area contributed by atoms with Crippen molar-refractivity contribution in [2.45, 2.75) is 13.0 Å². The predicted octanol–water partition coefficient (Wildman–Crippen LogP) is 1.20. The number of rotatable bonds is 0. The van der Waals surface area contributed by atoms with Crippen molar-refractivity contribution in [2.24, 2.45) is 0 Å². The Morgan fingerprint density at radius 1 is 1.50 bits per heavy atom. The Morgan fingerprint density at radius 2 is 2.33 bits per heavy atom. The highest BCUT2D eigenvalue weighted by Gasteiger charge is 2.09. The van der Waals surface area contributed by atoms with Crippen LogP contribution in [-0.2, 0) is 13.0 Å². The van der Waals surface area contributed by atoms with E-state index in [1.165, 1.54) is 5.56 Å². The molecule has 0 saturated carbocycles. The van der Waals surface area contributed by atoms with Gasteiger partial charge in [-0.2, -0.15) is 0 Å². The molecule has 12 heavy (non-hydrogen) atoms. The van der Waals surface area contributed by atoms with Crippen LogP contribution in [0.25, 0.3) is 0 Å². The van der Waals surface area contributed by atoms with Crippen LogP contribution in [0.15, 0.2) is 6.20 Å². The molecule has 0 amide bonds. The van der Waals surface area contributed by atoms with Crippen LogP contribution in [0.2, 0.25) is 5.28 Å². The second-order valence-electron chi connectivity index (χ2n) is 2.54. The molecule has 5 heteroatoms. The zero-order valence-electron chi connectivity index (χ0n) is 6.38. The lowest BCUT2D eigenvalue weighted by Crippen LogP contribution is -2.24. The molecule has 1 aliphatic rings. The maximum Gasteiger partial charge on any atom is 0.222 e. The van der Waals surface area contributed by atoms with E-state index in [2.05, 4.69) is 15.3 Å². The summed E-state index contributed by atoms with van der Waals surface area (Å²) in [6, 6.07) is 0. The lowest BCUT2D eigenvalue weighted by molar-refractivity contribution is 0.626. The topological polar surface area (TPSA) is 37.8 Å². The molecule has 0 bridgehead atoms. The lowest BCUT2D eigenvalue weighted by Gasteiger charge is -2.14. The summed E-state index contributed by atoms with van der Waals surface area (Å²) in [6.07, 6.45) is 2.74. The predicted molar refractivity (Wildman–Crippen MR) is 49.7 cm³/mol. The summed E-state index contributed by atoms with van der Waals surface area (Å²) in [4.78, 5) is 8.03. The van der Waals surface area contributed by atoms with Gasteiger partial charge in [-0.25, -0.2) is 9.97 Å². The number of halogens is 2. The Bertz CT molecular complexity index is 277. The number of nitrogens with zero attached hydrogens (tertiary/aromatic N) is 2. The molecule has 2 heterocycles. The standard InChI is InChI=1S/C7H8ClN3.ClH/c8-7-10-4-5-3-9-2-1-6(5)11-7;/h4,9H,1-3H2;1H. The van der Waals surface area contributed by atoms with Crippen LogP contribution in [0.1, 0.15) is 11.3 Å². The van der Waals surface area contributed by atoms with Crippen molar-refractivity contribution < 1.29 is 0 Å². The molecule has 0 saturated heterocycles. The van der Waals surface area contributed by atoms with E-state index < -0.39 is 0 Å². The molecular formula is C7H9Cl2N3. The van der Waals surface area contributed by atoms with Crippen LogP contribution in [0, 0.1) is 0 Å². The molecular weight excluding hydrogens is 197 g/mol. The van der Waals surface area contributed by atoms with E-state index in [1.54, 1.807) is 6.20 Å². The third kappa shape index (κ3) is 1.86. The van der Waals surface area contributed by atoms with E-state index in [0.29, 0.717) is 5.28 Å². The molecule has 0 unspecified atom stereocenters. The second kappa shape index (κ2) is 4.03. The average molecular weight is 206 g/mol. The van der Waals surface area contributed by atoms with Gasteiger partial charge in [0.2, 0.25) is 5.28 Å². The quantitative estimate of drug-likeness (QED) is 0.648. The largest absolute Gasteiger partial charge is 0.312 e. The van der Waals surface area contributed by atoms with E-state index in [1.807, 2.05) is 0 Å². The molecule has 0 aromatic carbocycles. The van der Waals surface area contributed by atoms with Crippen LogP contribution < -0.4 is 5.32 Å². The van der Waals surface area contributed by atoms with Gasteiger partial charge >= 0.3 is 0 Å². The summed E-state index contributed by atoms with van der Waals surface area (Å²) in [7, 11) is 0. The van der Waals surface area contributed by atoms with Crippen molar-refractivity contribution in [1.82, 2.24) is 15.3 Å². The number of hydrogen-bond acceptors (Lipinski definition) is 3. The Kier molecular flexibility index (Phi) is 3.26. The van der Waals surface area contributed by atoms with Crippen LogP contribution in [0.5, 0.6) is 0 Å². The first-order valence-electron chi connectivity index (χ1n) is 3.57. The first-order chi connectivity index (χ1) is 5.36. The van der Waals surface area contributed by atoms with E-state index in [-0.39, 0.29) is 12.4 Å². The summed E-state index contributed by atoms with van der Waals surface area (Å²) in [6.45, 7) is 1.85.